The summed E-state index contributed by atoms with van der Waals surface area (Å²) < 4.78 is 1.65. The zero-order chi connectivity index (χ0) is 18.8. The number of carboxylic acids is 1. The number of halogens is 4. The van der Waals surface area contributed by atoms with Crippen LogP contribution >= 0.6 is 46.4 Å². The maximum Gasteiger partial charge on any atom is 0.303 e. The van der Waals surface area contributed by atoms with E-state index < -0.39 is 5.97 Å². The van der Waals surface area contributed by atoms with Crippen LogP contribution < -0.4 is 0 Å². The van der Waals surface area contributed by atoms with E-state index in [-0.39, 0.29) is 6.42 Å². The van der Waals surface area contributed by atoms with Crippen molar-refractivity contribution in [3.8, 4) is 16.9 Å². The van der Waals surface area contributed by atoms with Crippen LogP contribution in [0.15, 0.2) is 42.5 Å². The zero-order valence-electron chi connectivity index (χ0n) is 13.2. The van der Waals surface area contributed by atoms with Crippen molar-refractivity contribution in [3.05, 3.63) is 68.2 Å². The molecule has 1 aromatic heterocycles. The highest BCUT2D eigenvalue weighted by atomic mass is 35.5. The van der Waals surface area contributed by atoms with Crippen LogP contribution in [0.4, 0.5) is 0 Å². The lowest BCUT2D eigenvalue weighted by atomic mass is 10.1. The second kappa shape index (κ2) is 7.89. The predicted octanol–water partition coefficient (Wildman–Crippen LogP) is 6.17. The quantitative estimate of drug-likeness (QED) is 0.527. The molecule has 0 spiro atoms. The van der Waals surface area contributed by atoms with Gasteiger partial charge in [-0.05, 0) is 36.4 Å². The van der Waals surface area contributed by atoms with Crippen molar-refractivity contribution in [3.63, 3.8) is 0 Å². The van der Waals surface area contributed by atoms with Gasteiger partial charge in [-0.1, -0.05) is 52.5 Å². The van der Waals surface area contributed by atoms with Crippen LogP contribution in [-0.4, -0.2) is 20.9 Å². The number of nitrogens with zero attached hydrogens (tertiary/aromatic N) is 2. The minimum Gasteiger partial charge on any atom is -0.481 e. The summed E-state index contributed by atoms with van der Waals surface area (Å²) in [6.07, 6.45) is 0.272. The van der Waals surface area contributed by atoms with E-state index in [2.05, 4.69) is 5.10 Å². The lowest BCUT2D eigenvalue weighted by Crippen LogP contribution is -2.02. The Kier molecular flexibility index (Phi) is 5.78. The van der Waals surface area contributed by atoms with Gasteiger partial charge in [-0.25, -0.2) is 4.68 Å². The average molecular weight is 430 g/mol. The third-order valence-electron chi connectivity index (χ3n) is 3.71. The molecule has 1 heterocycles. The van der Waals surface area contributed by atoms with Crippen LogP contribution in [0.1, 0.15) is 12.1 Å². The summed E-state index contributed by atoms with van der Waals surface area (Å²) in [5, 5.41) is 15.2. The van der Waals surface area contributed by atoms with E-state index in [9.17, 15) is 4.79 Å². The first-order valence-corrected chi connectivity index (χ1v) is 9.08. The van der Waals surface area contributed by atoms with Crippen LogP contribution in [0.25, 0.3) is 16.9 Å². The second-order valence-electron chi connectivity index (χ2n) is 5.55. The zero-order valence-corrected chi connectivity index (χ0v) is 16.2. The Labute approximate surface area is 169 Å². The minimum absolute atomic E-state index is 0.0216. The maximum atomic E-state index is 10.9. The number of aliphatic carboxylic acids is 1. The van der Waals surface area contributed by atoms with Gasteiger partial charge in [-0.2, -0.15) is 5.10 Å². The first kappa shape index (κ1) is 19.1. The number of aromatic nitrogens is 2. The molecular formula is C18H12Cl4N2O2. The fourth-order valence-corrected chi connectivity index (χ4v) is 3.27. The summed E-state index contributed by atoms with van der Waals surface area (Å²) in [5.74, 6) is -0.889. The number of benzene rings is 2. The first-order valence-electron chi connectivity index (χ1n) is 7.57. The number of hydrogen-bond donors (Lipinski definition) is 1. The SMILES string of the molecule is O=C(O)CCc1cc(-c2ccc(Cl)c(Cl)c2)n(-c2ccc(Cl)cc2Cl)n1. The summed E-state index contributed by atoms with van der Waals surface area (Å²) in [6.45, 7) is 0. The van der Waals surface area contributed by atoms with Crippen LogP contribution in [0.5, 0.6) is 0 Å². The molecule has 1 N–H and O–H groups in total. The van der Waals surface area contributed by atoms with Crippen molar-refractivity contribution >= 4 is 52.4 Å². The van der Waals surface area contributed by atoms with Gasteiger partial charge in [0.1, 0.15) is 0 Å². The van der Waals surface area contributed by atoms with Gasteiger partial charge in [0.2, 0.25) is 0 Å². The molecule has 0 saturated heterocycles. The van der Waals surface area contributed by atoms with Crippen molar-refractivity contribution in [2.75, 3.05) is 0 Å². The third kappa shape index (κ3) is 4.15. The molecule has 26 heavy (non-hydrogen) atoms. The van der Waals surface area contributed by atoms with E-state index in [0.717, 1.165) is 5.56 Å². The Morgan fingerprint density at radius 3 is 2.38 bits per heavy atom. The van der Waals surface area contributed by atoms with Crippen molar-refractivity contribution in [2.45, 2.75) is 12.8 Å². The molecule has 0 atom stereocenters. The smallest absolute Gasteiger partial charge is 0.303 e. The van der Waals surface area contributed by atoms with E-state index in [1.807, 2.05) is 12.1 Å². The van der Waals surface area contributed by atoms with Gasteiger partial charge in [0.25, 0.3) is 0 Å². The molecule has 0 aliphatic rings. The van der Waals surface area contributed by atoms with Gasteiger partial charge in [-0.3, -0.25) is 4.79 Å². The standard InChI is InChI=1S/C18H12Cl4N2O2/c19-11-2-5-16(15(22)8-11)24-17(9-12(23-24)3-6-18(25)26)10-1-4-13(20)14(21)7-10/h1-2,4-5,7-9H,3,6H2,(H,25,26). The number of aryl methyl sites for hydroxylation is 1. The Morgan fingerprint density at radius 2 is 1.73 bits per heavy atom. The molecule has 8 heteroatoms. The maximum absolute atomic E-state index is 10.9. The topological polar surface area (TPSA) is 55.1 Å². The van der Waals surface area contributed by atoms with Crippen LogP contribution in [0.2, 0.25) is 20.1 Å². The minimum atomic E-state index is -0.889. The summed E-state index contributed by atoms with van der Waals surface area (Å²) >= 11 is 24.5. The average Bonchev–Trinajstić information content (AvgIpc) is 2.99. The highest BCUT2D eigenvalue weighted by Crippen LogP contribution is 2.33. The molecule has 0 fully saturated rings. The molecule has 3 aromatic rings. The molecule has 0 amide bonds. The van der Waals surface area contributed by atoms with E-state index in [1.165, 1.54) is 0 Å². The lowest BCUT2D eigenvalue weighted by molar-refractivity contribution is -0.136. The summed E-state index contributed by atoms with van der Waals surface area (Å²) in [7, 11) is 0. The Hall–Kier alpha value is -1.72. The molecule has 0 saturated carbocycles. The molecule has 4 nitrogen and oxygen atoms in total. The summed E-state index contributed by atoms with van der Waals surface area (Å²) in [6, 6.07) is 12.1. The van der Waals surface area contributed by atoms with Crippen molar-refractivity contribution in [1.29, 1.82) is 0 Å². The Bertz CT molecular complexity index is 985. The second-order valence-corrected chi connectivity index (χ2v) is 7.21. The van der Waals surface area contributed by atoms with Crippen LogP contribution in [0, 0.1) is 0 Å². The highest BCUT2D eigenvalue weighted by molar-refractivity contribution is 6.42. The highest BCUT2D eigenvalue weighted by Gasteiger charge is 2.16. The molecule has 0 aliphatic carbocycles. The summed E-state index contributed by atoms with van der Waals surface area (Å²) in [5.41, 5.74) is 2.74. The predicted molar refractivity (Wildman–Crippen MR) is 105 cm³/mol. The Morgan fingerprint density at radius 1 is 0.962 bits per heavy atom. The number of rotatable bonds is 5. The molecule has 0 bridgehead atoms. The fraction of sp³-hybridized carbons (Fsp3) is 0.111. The summed E-state index contributed by atoms with van der Waals surface area (Å²) in [4.78, 5) is 10.9. The van der Waals surface area contributed by atoms with Crippen molar-refractivity contribution < 1.29 is 9.90 Å². The molecule has 3 rings (SSSR count). The molecule has 0 unspecified atom stereocenters. The van der Waals surface area contributed by atoms with Crippen LogP contribution in [-0.2, 0) is 11.2 Å². The fourth-order valence-electron chi connectivity index (χ4n) is 2.49. The van der Waals surface area contributed by atoms with Gasteiger partial charge in [0, 0.05) is 17.0 Å². The van der Waals surface area contributed by atoms with Gasteiger partial charge >= 0.3 is 5.97 Å². The largest absolute Gasteiger partial charge is 0.481 e. The number of hydrogen-bond acceptors (Lipinski definition) is 2. The van der Waals surface area contributed by atoms with Gasteiger partial charge < -0.3 is 5.11 Å². The van der Waals surface area contributed by atoms with Crippen molar-refractivity contribution in [1.82, 2.24) is 9.78 Å². The van der Waals surface area contributed by atoms with E-state index in [0.29, 0.717) is 43.6 Å². The van der Waals surface area contributed by atoms with Crippen LogP contribution in [0.3, 0.4) is 0 Å². The van der Waals surface area contributed by atoms with E-state index in [1.54, 1.807) is 35.0 Å². The molecule has 0 radical (unpaired) electrons. The van der Waals surface area contributed by atoms with Crippen molar-refractivity contribution in [2.24, 2.45) is 0 Å². The Balaban J connectivity index is 2.14. The normalized spacial score (nSPS) is 10.9. The first-order chi connectivity index (χ1) is 12.3. The van der Waals surface area contributed by atoms with E-state index in [4.69, 9.17) is 51.5 Å². The lowest BCUT2D eigenvalue weighted by Gasteiger charge is -2.10. The van der Waals surface area contributed by atoms with E-state index >= 15 is 0 Å². The third-order valence-corrected chi connectivity index (χ3v) is 4.99. The number of carbonyl (C=O) groups is 1. The van der Waals surface area contributed by atoms with Gasteiger partial charge in [-0.15, -0.1) is 0 Å². The number of carboxylic acid groups (broad SMARTS) is 1. The molecular weight excluding hydrogens is 418 g/mol. The van der Waals surface area contributed by atoms with Gasteiger partial charge in [0.15, 0.2) is 0 Å². The molecule has 2 aromatic carbocycles. The molecule has 0 aliphatic heterocycles. The molecule has 134 valence electrons. The van der Waals surface area contributed by atoms with Gasteiger partial charge in [0.05, 0.1) is 38.6 Å². The monoisotopic (exact) mass is 428 g/mol.